The van der Waals surface area contributed by atoms with E-state index in [4.69, 9.17) is 9.47 Å². The first-order valence-corrected chi connectivity index (χ1v) is 9.08. The molecule has 2 rings (SSSR count). The number of amides is 2. The zero-order chi connectivity index (χ0) is 21.9. The van der Waals surface area contributed by atoms with Crippen molar-refractivity contribution >= 4 is 29.5 Å². The molecule has 0 heterocycles. The average Bonchev–Trinajstić information content (AvgIpc) is 2.76. The standard InChI is InChI=1S/C22H21N3O5/c1-3-24-21(27)16-5-4-6-18(12-16)25-20(26)14-30-22(28)17(13-23)11-15-7-9-19(29-2)10-8-15/h4-12H,3,14H2,1-2H3,(H,24,27)(H,25,26)/b17-11+. The van der Waals surface area contributed by atoms with E-state index in [2.05, 4.69) is 10.6 Å². The van der Waals surface area contributed by atoms with Gasteiger partial charge in [-0.3, -0.25) is 9.59 Å². The Balaban J connectivity index is 1.95. The smallest absolute Gasteiger partial charge is 0.349 e. The van der Waals surface area contributed by atoms with Gasteiger partial charge in [0.2, 0.25) is 0 Å². The number of carbonyl (C=O) groups is 3. The summed E-state index contributed by atoms with van der Waals surface area (Å²) in [4.78, 5) is 36.0. The van der Waals surface area contributed by atoms with Crippen LogP contribution in [-0.2, 0) is 14.3 Å². The summed E-state index contributed by atoms with van der Waals surface area (Å²) in [5, 5.41) is 14.4. The Kier molecular flexibility index (Phi) is 8.15. The van der Waals surface area contributed by atoms with Crippen molar-refractivity contribution in [3.63, 3.8) is 0 Å². The van der Waals surface area contributed by atoms with E-state index in [0.717, 1.165) is 0 Å². The molecule has 0 radical (unpaired) electrons. The highest BCUT2D eigenvalue weighted by Gasteiger charge is 2.14. The summed E-state index contributed by atoms with van der Waals surface area (Å²) in [5.74, 6) is -1.14. The molecule has 0 aliphatic rings. The van der Waals surface area contributed by atoms with Crippen LogP contribution in [0.5, 0.6) is 5.75 Å². The fourth-order valence-corrected chi connectivity index (χ4v) is 2.41. The van der Waals surface area contributed by atoms with Crippen LogP contribution in [0.4, 0.5) is 5.69 Å². The number of anilines is 1. The van der Waals surface area contributed by atoms with Crippen molar-refractivity contribution in [1.29, 1.82) is 5.26 Å². The van der Waals surface area contributed by atoms with Crippen molar-refractivity contribution in [1.82, 2.24) is 5.32 Å². The predicted molar refractivity (Wildman–Crippen MR) is 111 cm³/mol. The minimum Gasteiger partial charge on any atom is -0.497 e. The van der Waals surface area contributed by atoms with Crippen LogP contribution in [0, 0.1) is 11.3 Å². The van der Waals surface area contributed by atoms with Gasteiger partial charge in [0.15, 0.2) is 6.61 Å². The molecule has 2 aromatic rings. The minimum absolute atomic E-state index is 0.244. The van der Waals surface area contributed by atoms with Crippen LogP contribution < -0.4 is 15.4 Å². The van der Waals surface area contributed by atoms with Crippen molar-refractivity contribution in [2.45, 2.75) is 6.92 Å². The van der Waals surface area contributed by atoms with Crippen LogP contribution in [0.3, 0.4) is 0 Å². The summed E-state index contributed by atoms with van der Waals surface area (Å²) in [6, 6.07) is 14.8. The van der Waals surface area contributed by atoms with Gasteiger partial charge in [0.25, 0.3) is 11.8 Å². The zero-order valence-electron chi connectivity index (χ0n) is 16.6. The van der Waals surface area contributed by atoms with Crippen LogP contribution >= 0.6 is 0 Å². The second kappa shape index (κ2) is 11.0. The third-order valence-electron chi connectivity index (χ3n) is 3.85. The molecule has 2 N–H and O–H groups in total. The summed E-state index contributed by atoms with van der Waals surface area (Å²) in [6.07, 6.45) is 1.36. The molecule has 0 saturated carbocycles. The molecule has 0 fully saturated rings. The Morgan fingerprint density at radius 1 is 1.13 bits per heavy atom. The van der Waals surface area contributed by atoms with Gasteiger partial charge >= 0.3 is 5.97 Å². The minimum atomic E-state index is -0.917. The molecule has 0 spiro atoms. The summed E-state index contributed by atoms with van der Waals surface area (Å²) in [6.45, 7) is 1.71. The second-order valence-electron chi connectivity index (χ2n) is 6.01. The van der Waals surface area contributed by atoms with E-state index >= 15 is 0 Å². The van der Waals surface area contributed by atoms with Gasteiger partial charge in [-0.25, -0.2) is 4.79 Å². The lowest BCUT2D eigenvalue weighted by molar-refractivity contribution is -0.142. The molecule has 0 aliphatic heterocycles. The number of nitrogens with one attached hydrogen (secondary N) is 2. The van der Waals surface area contributed by atoms with E-state index < -0.39 is 18.5 Å². The molecule has 8 nitrogen and oxygen atoms in total. The number of methoxy groups -OCH3 is 1. The van der Waals surface area contributed by atoms with E-state index in [1.165, 1.54) is 19.3 Å². The lowest BCUT2D eigenvalue weighted by atomic mass is 10.1. The van der Waals surface area contributed by atoms with E-state index in [1.807, 2.05) is 0 Å². The molecule has 0 bridgehead atoms. The van der Waals surface area contributed by atoms with Gasteiger partial charge in [-0.2, -0.15) is 5.26 Å². The van der Waals surface area contributed by atoms with Gasteiger partial charge in [-0.05, 0) is 48.9 Å². The maximum Gasteiger partial charge on any atom is 0.349 e. The molecule has 2 amide bonds. The van der Waals surface area contributed by atoms with Gasteiger partial charge in [-0.15, -0.1) is 0 Å². The Hall–Kier alpha value is -4.12. The molecule has 2 aromatic carbocycles. The topological polar surface area (TPSA) is 118 Å². The summed E-state index contributed by atoms with van der Waals surface area (Å²) in [5.41, 5.74) is 1.14. The summed E-state index contributed by atoms with van der Waals surface area (Å²) < 4.78 is 9.97. The van der Waals surface area contributed by atoms with Crippen LogP contribution in [0.1, 0.15) is 22.8 Å². The van der Waals surface area contributed by atoms with Crippen LogP contribution in [0.15, 0.2) is 54.1 Å². The van der Waals surface area contributed by atoms with E-state index in [0.29, 0.717) is 29.1 Å². The van der Waals surface area contributed by atoms with Gasteiger partial charge in [0.1, 0.15) is 17.4 Å². The molecule has 0 aliphatic carbocycles. The lowest BCUT2D eigenvalue weighted by Crippen LogP contribution is -2.23. The van der Waals surface area contributed by atoms with Crippen molar-refractivity contribution in [2.24, 2.45) is 0 Å². The van der Waals surface area contributed by atoms with Crippen molar-refractivity contribution in [3.05, 3.63) is 65.2 Å². The predicted octanol–water partition coefficient (Wildman–Crippen LogP) is 2.53. The number of carbonyl (C=O) groups excluding carboxylic acids is 3. The maximum atomic E-state index is 12.1. The van der Waals surface area contributed by atoms with E-state index in [-0.39, 0.29) is 11.5 Å². The highest BCUT2D eigenvalue weighted by atomic mass is 16.5. The Bertz CT molecular complexity index is 991. The molecule has 0 saturated heterocycles. The Morgan fingerprint density at radius 3 is 2.50 bits per heavy atom. The highest BCUT2D eigenvalue weighted by Crippen LogP contribution is 2.15. The number of hydrogen-bond donors (Lipinski definition) is 2. The number of ether oxygens (including phenoxy) is 2. The number of hydrogen-bond acceptors (Lipinski definition) is 6. The van der Waals surface area contributed by atoms with Gasteiger partial charge in [-0.1, -0.05) is 18.2 Å². The molecule has 0 unspecified atom stereocenters. The maximum absolute atomic E-state index is 12.1. The average molecular weight is 407 g/mol. The summed E-state index contributed by atoms with van der Waals surface area (Å²) >= 11 is 0. The van der Waals surface area contributed by atoms with Gasteiger partial charge in [0.05, 0.1) is 7.11 Å². The fourth-order valence-electron chi connectivity index (χ4n) is 2.41. The molecular formula is C22H21N3O5. The molecule has 154 valence electrons. The van der Waals surface area contributed by atoms with E-state index in [1.54, 1.807) is 55.5 Å². The van der Waals surface area contributed by atoms with Crippen LogP contribution in [0.25, 0.3) is 6.08 Å². The summed E-state index contributed by atoms with van der Waals surface area (Å²) in [7, 11) is 1.53. The fraction of sp³-hybridized carbons (Fsp3) is 0.182. The molecule has 0 aromatic heterocycles. The number of esters is 1. The number of benzene rings is 2. The normalized spacial score (nSPS) is 10.5. The first-order chi connectivity index (χ1) is 14.5. The first-order valence-electron chi connectivity index (χ1n) is 9.08. The van der Waals surface area contributed by atoms with Crippen molar-refractivity contribution in [3.8, 4) is 11.8 Å². The van der Waals surface area contributed by atoms with E-state index in [9.17, 15) is 19.6 Å². The lowest BCUT2D eigenvalue weighted by Gasteiger charge is -2.08. The van der Waals surface area contributed by atoms with Gasteiger partial charge in [0, 0.05) is 17.8 Å². The Labute approximate surface area is 174 Å². The third-order valence-corrected chi connectivity index (χ3v) is 3.85. The van der Waals surface area contributed by atoms with Crippen molar-refractivity contribution in [2.75, 3.05) is 25.6 Å². The Morgan fingerprint density at radius 2 is 1.87 bits per heavy atom. The molecule has 30 heavy (non-hydrogen) atoms. The van der Waals surface area contributed by atoms with Crippen LogP contribution in [-0.4, -0.2) is 38.0 Å². The molecule has 0 atom stereocenters. The molecular weight excluding hydrogens is 386 g/mol. The highest BCUT2D eigenvalue weighted by molar-refractivity contribution is 6.00. The number of nitrogens with zero attached hydrogens (tertiary/aromatic N) is 1. The van der Waals surface area contributed by atoms with Crippen molar-refractivity contribution < 1.29 is 23.9 Å². The quantitative estimate of drug-likeness (QED) is 0.394. The van der Waals surface area contributed by atoms with Crippen LogP contribution in [0.2, 0.25) is 0 Å². The number of rotatable bonds is 8. The largest absolute Gasteiger partial charge is 0.497 e. The zero-order valence-corrected chi connectivity index (χ0v) is 16.6. The monoisotopic (exact) mass is 407 g/mol. The third kappa shape index (κ3) is 6.49. The number of nitriles is 1. The SMILES string of the molecule is CCNC(=O)c1cccc(NC(=O)COC(=O)/C(C#N)=C/c2ccc(OC)cc2)c1. The van der Waals surface area contributed by atoms with Gasteiger partial charge < -0.3 is 20.1 Å². The second-order valence-corrected chi connectivity index (χ2v) is 6.01. The first kappa shape index (κ1) is 22.2. The molecule has 8 heteroatoms.